The summed E-state index contributed by atoms with van der Waals surface area (Å²) in [7, 11) is 0. The van der Waals surface area contributed by atoms with Crippen molar-refractivity contribution in [1.82, 2.24) is 0 Å². The Labute approximate surface area is 274 Å². The van der Waals surface area contributed by atoms with Gasteiger partial charge in [-0.3, -0.25) is 0 Å². The zero-order valence-corrected chi connectivity index (χ0v) is 26.3. The molecule has 0 saturated carbocycles. The Hall–Kier alpha value is -5.53. The Balaban J connectivity index is 1.23. The highest BCUT2D eigenvalue weighted by atomic mass is 32.1. The average molecular weight is 620 g/mol. The number of nitrogens with zero attached hydrogens (tertiary/aromatic N) is 1. The normalized spacial score (nSPS) is 11.5. The van der Waals surface area contributed by atoms with Gasteiger partial charge in [0, 0.05) is 40.3 Å². The Morgan fingerprint density at radius 3 is 1.35 bits per heavy atom. The molecule has 0 spiro atoms. The predicted octanol–water partition coefficient (Wildman–Crippen LogP) is 13.0. The molecule has 2 aromatic heterocycles. The predicted molar refractivity (Wildman–Crippen MR) is 199 cm³/mol. The summed E-state index contributed by atoms with van der Waals surface area (Å²) in [5, 5.41) is 15.4. The van der Waals surface area contributed by atoms with E-state index in [4.69, 9.17) is 0 Å². The van der Waals surface area contributed by atoms with Crippen LogP contribution >= 0.6 is 22.7 Å². The maximum Gasteiger partial charge on any atom is 0.0998 e. The van der Waals surface area contributed by atoms with Gasteiger partial charge >= 0.3 is 0 Å². The van der Waals surface area contributed by atoms with Crippen LogP contribution in [0.15, 0.2) is 152 Å². The lowest BCUT2D eigenvalue weighted by molar-refractivity contribution is 1.47. The minimum absolute atomic E-state index is 0.675. The first-order valence-electron chi connectivity index (χ1n) is 15.3. The van der Waals surface area contributed by atoms with Crippen molar-refractivity contribution in [1.29, 1.82) is 5.26 Å². The Kier molecular flexibility index (Phi) is 6.31. The van der Waals surface area contributed by atoms with E-state index < -0.39 is 0 Å². The molecule has 0 amide bonds. The quantitative estimate of drug-likeness (QED) is 0.192. The van der Waals surface area contributed by atoms with Gasteiger partial charge in [0.05, 0.1) is 11.6 Å². The van der Waals surface area contributed by atoms with Crippen molar-refractivity contribution in [3.63, 3.8) is 0 Å². The van der Waals surface area contributed by atoms with Crippen LogP contribution in [0.5, 0.6) is 0 Å². The molecule has 0 aliphatic rings. The average Bonchev–Trinajstić information content (AvgIpc) is 3.69. The number of fused-ring (bicyclic) bond motifs is 6. The molecule has 3 heteroatoms. The fraction of sp³-hybridized carbons (Fsp3) is 0. The molecule has 0 radical (unpaired) electrons. The summed E-state index contributed by atoms with van der Waals surface area (Å²) in [6.07, 6.45) is 0. The van der Waals surface area contributed by atoms with E-state index in [1.807, 2.05) is 46.9 Å². The summed E-state index contributed by atoms with van der Waals surface area (Å²) >= 11 is 3.69. The first-order valence-corrected chi connectivity index (χ1v) is 16.9. The molecular formula is C43H25NS2. The fourth-order valence-electron chi connectivity index (χ4n) is 6.62. The van der Waals surface area contributed by atoms with Crippen LogP contribution in [0.25, 0.3) is 84.9 Å². The van der Waals surface area contributed by atoms with Crippen molar-refractivity contribution >= 4 is 63.0 Å². The van der Waals surface area contributed by atoms with Gasteiger partial charge in [-0.25, -0.2) is 0 Å². The van der Waals surface area contributed by atoms with Gasteiger partial charge in [-0.15, -0.1) is 22.7 Å². The molecule has 9 rings (SSSR count). The second-order valence-corrected chi connectivity index (χ2v) is 13.8. The van der Waals surface area contributed by atoms with Crippen LogP contribution in [0, 0.1) is 11.3 Å². The second-order valence-electron chi connectivity index (χ2n) is 11.7. The number of rotatable bonds is 4. The highest BCUT2D eigenvalue weighted by Gasteiger charge is 2.14. The maximum atomic E-state index is 10.2. The maximum absolute atomic E-state index is 10.2. The summed E-state index contributed by atoms with van der Waals surface area (Å²) < 4.78 is 5.19. The minimum atomic E-state index is 0.675. The van der Waals surface area contributed by atoms with Crippen LogP contribution in [0.2, 0.25) is 0 Å². The van der Waals surface area contributed by atoms with E-state index >= 15 is 0 Å². The van der Waals surface area contributed by atoms with Gasteiger partial charge < -0.3 is 0 Å². The molecule has 2 heterocycles. The molecule has 0 aliphatic carbocycles. The number of nitriles is 1. The topological polar surface area (TPSA) is 23.8 Å². The molecule has 0 saturated heterocycles. The third-order valence-corrected chi connectivity index (χ3v) is 11.2. The van der Waals surface area contributed by atoms with Crippen LogP contribution in [-0.2, 0) is 0 Å². The van der Waals surface area contributed by atoms with Gasteiger partial charge in [-0.2, -0.15) is 5.26 Å². The molecule has 7 aromatic carbocycles. The van der Waals surface area contributed by atoms with Crippen molar-refractivity contribution in [3.8, 4) is 50.6 Å². The lowest BCUT2D eigenvalue weighted by Gasteiger charge is -2.13. The highest BCUT2D eigenvalue weighted by molar-refractivity contribution is 7.26. The van der Waals surface area contributed by atoms with Crippen molar-refractivity contribution in [2.75, 3.05) is 0 Å². The SMILES string of the molecule is N#Cc1cc(-c2cc(-c3ccc4c(c3)sc3ccccc34)cc(-c3ccc4c(c3)sc3ccccc34)c2)ccc1-c1ccccc1. The zero-order valence-electron chi connectivity index (χ0n) is 24.7. The van der Waals surface area contributed by atoms with Gasteiger partial charge in [0.2, 0.25) is 0 Å². The largest absolute Gasteiger partial charge is 0.192 e. The molecular weight excluding hydrogens is 595 g/mol. The molecule has 214 valence electrons. The molecule has 0 atom stereocenters. The molecule has 0 aliphatic heterocycles. The van der Waals surface area contributed by atoms with Crippen molar-refractivity contribution in [3.05, 3.63) is 157 Å². The number of thiophene rings is 2. The fourth-order valence-corrected chi connectivity index (χ4v) is 8.91. The van der Waals surface area contributed by atoms with E-state index in [0.717, 1.165) is 33.4 Å². The minimum Gasteiger partial charge on any atom is -0.192 e. The number of hydrogen-bond acceptors (Lipinski definition) is 3. The van der Waals surface area contributed by atoms with Crippen molar-refractivity contribution in [2.24, 2.45) is 0 Å². The highest BCUT2D eigenvalue weighted by Crippen LogP contribution is 2.41. The molecule has 0 N–H and O–H groups in total. The van der Waals surface area contributed by atoms with E-state index in [1.165, 1.54) is 51.5 Å². The van der Waals surface area contributed by atoms with E-state index in [0.29, 0.717) is 5.56 Å². The summed E-state index contributed by atoms with van der Waals surface area (Å²) in [5.74, 6) is 0. The van der Waals surface area contributed by atoms with Crippen LogP contribution in [0.4, 0.5) is 0 Å². The van der Waals surface area contributed by atoms with E-state index in [9.17, 15) is 5.26 Å². The molecule has 0 bridgehead atoms. The second kappa shape index (κ2) is 10.8. The van der Waals surface area contributed by atoms with E-state index in [-0.39, 0.29) is 0 Å². The number of benzene rings is 7. The van der Waals surface area contributed by atoms with Gasteiger partial charge in [0.25, 0.3) is 0 Å². The molecule has 9 aromatic rings. The number of hydrogen-bond donors (Lipinski definition) is 0. The van der Waals surface area contributed by atoms with Crippen LogP contribution in [0.3, 0.4) is 0 Å². The third kappa shape index (κ3) is 4.51. The standard InChI is InChI=1S/C43H25NS2/c44-26-34-20-28(14-17-35(34)27-8-2-1-3-9-27)31-21-32(29-15-18-38-36-10-4-6-12-40(36)45-42(38)24-29)23-33(22-31)30-16-19-39-37-11-5-7-13-41(37)46-43(39)25-30/h1-25H. The van der Waals surface area contributed by atoms with Gasteiger partial charge in [0.1, 0.15) is 0 Å². The summed E-state index contributed by atoms with van der Waals surface area (Å²) in [6.45, 7) is 0. The summed E-state index contributed by atoms with van der Waals surface area (Å²) in [4.78, 5) is 0. The van der Waals surface area contributed by atoms with Crippen LogP contribution in [-0.4, -0.2) is 0 Å². The molecule has 1 nitrogen and oxygen atoms in total. The zero-order chi connectivity index (χ0) is 30.6. The summed E-state index contributed by atoms with van der Waals surface area (Å²) in [5.41, 5.74) is 9.50. The molecule has 46 heavy (non-hydrogen) atoms. The van der Waals surface area contributed by atoms with Crippen LogP contribution in [0.1, 0.15) is 5.56 Å². The lowest BCUT2D eigenvalue weighted by atomic mass is 9.91. The monoisotopic (exact) mass is 619 g/mol. The molecule has 0 unspecified atom stereocenters. The Morgan fingerprint density at radius 2 is 0.804 bits per heavy atom. The first-order chi connectivity index (χ1) is 22.7. The first kappa shape index (κ1) is 26.8. The van der Waals surface area contributed by atoms with Crippen molar-refractivity contribution in [2.45, 2.75) is 0 Å². The van der Waals surface area contributed by atoms with Gasteiger partial charge in [0.15, 0.2) is 0 Å². The van der Waals surface area contributed by atoms with Crippen LogP contribution < -0.4 is 0 Å². The van der Waals surface area contributed by atoms with Gasteiger partial charge in [-0.1, -0.05) is 103 Å². The van der Waals surface area contributed by atoms with Gasteiger partial charge in [-0.05, 0) is 93.0 Å². The molecule has 0 fully saturated rings. The Bertz CT molecular complexity index is 2520. The Morgan fingerprint density at radius 1 is 0.348 bits per heavy atom. The third-order valence-electron chi connectivity index (χ3n) is 8.92. The smallest absolute Gasteiger partial charge is 0.0998 e. The van der Waals surface area contributed by atoms with E-state index in [2.05, 4.69) is 133 Å². The van der Waals surface area contributed by atoms with E-state index in [1.54, 1.807) is 0 Å². The summed E-state index contributed by atoms with van der Waals surface area (Å²) in [6, 6.07) is 56.7. The van der Waals surface area contributed by atoms with Crippen molar-refractivity contribution < 1.29 is 0 Å². The lowest BCUT2D eigenvalue weighted by Crippen LogP contribution is -1.89.